The Hall–Kier alpha value is -0.840. The summed E-state index contributed by atoms with van der Waals surface area (Å²) < 4.78 is 6.44. The van der Waals surface area contributed by atoms with Gasteiger partial charge in [-0.05, 0) is 64.5 Å². The van der Waals surface area contributed by atoms with E-state index in [0.717, 1.165) is 0 Å². The summed E-state index contributed by atoms with van der Waals surface area (Å²) in [6, 6.07) is 11.2. The van der Waals surface area contributed by atoms with Crippen molar-refractivity contribution >= 4 is 33.0 Å². The molecular formula is C16H18BrNOS. The Morgan fingerprint density at radius 3 is 3.15 bits per heavy atom. The van der Waals surface area contributed by atoms with Crippen molar-refractivity contribution in [2.24, 2.45) is 0 Å². The molecule has 3 rings (SSSR count). The lowest BCUT2D eigenvalue weighted by Gasteiger charge is -2.25. The number of hydrogen-bond acceptors (Lipinski definition) is 3. The highest BCUT2D eigenvalue weighted by molar-refractivity contribution is 9.11. The summed E-state index contributed by atoms with van der Waals surface area (Å²) in [4.78, 5) is 1.52. The van der Waals surface area contributed by atoms with E-state index in [-0.39, 0.29) is 0 Å². The zero-order chi connectivity index (χ0) is 13.9. The van der Waals surface area contributed by atoms with Gasteiger partial charge < -0.3 is 10.1 Å². The van der Waals surface area contributed by atoms with E-state index >= 15 is 0 Å². The van der Waals surface area contributed by atoms with E-state index in [2.05, 4.69) is 51.6 Å². The number of hydrogen-bond donors (Lipinski definition) is 1. The van der Waals surface area contributed by atoms with Gasteiger partial charge in [0, 0.05) is 17.7 Å². The fraction of sp³-hybridized carbons (Fsp3) is 0.375. The number of nitrogens with one attached hydrogen (secondary N) is 1. The third-order valence-electron chi connectivity index (χ3n) is 3.66. The van der Waals surface area contributed by atoms with Crippen LogP contribution in [0.4, 0.5) is 5.69 Å². The SMILES string of the molecule is COCc1cccc(NC2CCCc3sc(Br)cc32)c1. The Kier molecular flexibility index (Phi) is 4.44. The average Bonchev–Trinajstić information content (AvgIpc) is 2.81. The van der Waals surface area contributed by atoms with Gasteiger partial charge in [-0.25, -0.2) is 0 Å². The highest BCUT2D eigenvalue weighted by atomic mass is 79.9. The second-order valence-electron chi connectivity index (χ2n) is 5.15. The molecule has 0 bridgehead atoms. The molecular weight excluding hydrogens is 334 g/mol. The zero-order valence-electron chi connectivity index (χ0n) is 11.5. The number of benzene rings is 1. The predicted octanol–water partition coefficient (Wildman–Crippen LogP) is 5.15. The molecule has 0 aliphatic heterocycles. The number of methoxy groups -OCH3 is 1. The predicted molar refractivity (Wildman–Crippen MR) is 88.5 cm³/mol. The summed E-state index contributed by atoms with van der Waals surface area (Å²) in [5.41, 5.74) is 3.85. The molecule has 4 heteroatoms. The maximum absolute atomic E-state index is 5.20. The largest absolute Gasteiger partial charge is 0.380 e. The standard InChI is InChI=1S/C16H18BrNOS/c1-19-10-11-4-2-5-12(8-11)18-14-6-3-7-15-13(14)9-16(17)20-15/h2,4-5,8-9,14,18H,3,6-7,10H2,1H3. The van der Waals surface area contributed by atoms with Crippen molar-refractivity contribution in [1.82, 2.24) is 0 Å². The van der Waals surface area contributed by atoms with Gasteiger partial charge in [-0.3, -0.25) is 0 Å². The number of aryl methyl sites for hydroxylation is 1. The minimum Gasteiger partial charge on any atom is -0.380 e. The minimum atomic E-state index is 0.430. The van der Waals surface area contributed by atoms with Crippen LogP contribution in [0.5, 0.6) is 0 Å². The van der Waals surface area contributed by atoms with Crippen LogP contribution < -0.4 is 5.32 Å². The first kappa shape index (κ1) is 14.1. The van der Waals surface area contributed by atoms with Gasteiger partial charge in [-0.15, -0.1) is 11.3 Å². The van der Waals surface area contributed by atoms with E-state index < -0.39 is 0 Å². The van der Waals surface area contributed by atoms with Gasteiger partial charge in [0.05, 0.1) is 16.4 Å². The van der Waals surface area contributed by atoms with Gasteiger partial charge in [-0.2, -0.15) is 0 Å². The molecule has 1 aliphatic rings. The van der Waals surface area contributed by atoms with Crippen LogP contribution in [0.15, 0.2) is 34.1 Å². The molecule has 106 valence electrons. The molecule has 2 nitrogen and oxygen atoms in total. The van der Waals surface area contributed by atoms with Crippen molar-refractivity contribution in [2.75, 3.05) is 12.4 Å². The number of ether oxygens (including phenoxy) is 1. The Balaban J connectivity index is 1.80. The second kappa shape index (κ2) is 6.29. The summed E-state index contributed by atoms with van der Waals surface area (Å²) in [7, 11) is 1.73. The smallest absolute Gasteiger partial charge is 0.0713 e. The molecule has 1 aromatic heterocycles. The van der Waals surface area contributed by atoms with Gasteiger partial charge in [0.15, 0.2) is 0 Å². The molecule has 0 saturated heterocycles. The Morgan fingerprint density at radius 1 is 1.40 bits per heavy atom. The molecule has 0 spiro atoms. The molecule has 1 unspecified atom stereocenters. The van der Waals surface area contributed by atoms with Gasteiger partial charge in [0.2, 0.25) is 0 Å². The molecule has 0 saturated carbocycles. The number of rotatable bonds is 4. The lowest BCUT2D eigenvalue weighted by Crippen LogP contribution is -2.15. The first-order valence-electron chi connectivity index (χ1n) is 6.89. The second-order valence-corrected chi connectivity index (χ2v) is 7.67. The van der Waals surface area contributed by atoms with Crippen LogP contribution in [0.3, 0.4) is 0 Å². The Bertz CT molecular complexity index is 596. The van der Waals surface area contributed by atoms with Crippen molar-refractivity contribution in [2.45, 2.75) is 31.9 Å². The van der Waals surface area contributed by atoms with E-state index in [1.807, 2.05) is 11.3 Å². The monoisotopic (exact) mass is 351 g/mol. The van der Waals surface area contributed by atoms with Gasteiger partial charge in [0.25, 0.3) is 0 Å². The summed E-state index contributed by atoms with van der Waals surface area (Å²) >= 11 is 5.48. The molecule has 1 N–H and O–H groups in total. The first-order valence-corrected chi connectivity index (χ1v) is 8.50. The third-order valence-corrected chi connectivity index (χ3v) is 5.38. The van der Waals surface area contributed by atoms with E-state index in [9.17, 15) is 0 Å². The fourth-order valence-corrected chi connectivity index (χ4v) is 4.61. The van der Waals surface area contributed by atoms with Crippen LogP contribution in [0, 0.1) is 0 Å². The van der Waals surface area contributed by atoms with Crippen molar-refractivity contribution < 1.29 is 4.74 Å². The van der Waals surface area contributed by atoms with Gasteiger partial charge >= 0.3 is 0 Å². The molecule has 0 amide bonds. The first-order chi connectivity index (χ1) is 9.76. The van der Waals surface area contributed by atoms with Crippen LogP contribution >= 0.6 is 27.3 Å². The molecule has 1 atom stereocenters. The minimum absolute atomic E-state index is 0.430. The Morgan fingerprint density at radius 2 is 2.30 bits per heavy atom. The Labute approximate surface area is 132 Å². The third kappa shape index (κ3) is 3.08. The fourth-order valence-electron chi connectivity index (χ4n) is 2.79. The van der Waals surface area contributed by atoms with Crippen molar-refractivity contribution in [1.29, 1.82) is 0 Å². The van der Waals surface area contributed by atoms with E-state index in [1.165, 1.54) is 44.7 Å². The van der Waals surface area contributed by atoms with E-state index in [0.29, 0.717) is 12.6 Å². The molecule has 2 aromatic rings. The average molecular weight is 352 g/mol. The van der Waals surface area contributed by atoms with Crippen LogP contribution in [0.2, 0.25) is 0 Å². The molecule has 20 heavy (non-hydrogen) atoms. The van der Waals surface area contributed by atoms with Crippen LogP contribution in [0.25, 0.3) is 0 Å². The topological polar surface area (TPSA) is 21.3 Å². The summed E-state index contributed by atoms with van der Waals surface area (Å²) in [6.45, 7) is 0.662. The van der Waals surface area contributed by atoms with Crippen molar-refractivity contribution in [3.8, 4) is 0 Å². The van der Waals surface area contributed by atoms with Gasteiger partial charge in [0.1, 0.15) is 0 Å². The number of thiophene rings is 1. The van der Waals surface area contributed by atoms with Gasteiger partial charge in [-0.1, -0.05) is 12.1 Å². The summed E-state index contributed by atoms with van der Waals surface area (Å²) in [5, 5.41) is 3.68. The number of anilines is 1. The molecule has 0 fully saturated rings. The normalized spacial score (nSPS) is 17.8. The maximum atomic E-state index is 5.20. The van der Waals surface area contributed by atoms with Crippen molar-refractivity contribution in [3.05, 3.63) is 50.1 Å². The molecule has 0 radical (unpaired) electrons. The molecule has 1 heterocycles. The van der Waals surface area contributed by atoms with E-state index in [1.54, 1.807) is 7.11 Å². The lowest BCUT2D eigenvalue weighted by atomic mass is 9.94. The lowest BCUT2D eigenvalue weighted by molar-refractivity contribution is 0.185. The summed E-state index contributed by atoms with van der Waals surface area (Å²) in [6.07, 6.45) is 3.67. The summed E-state index contributed by atoms with van der Waals surface area (Å²) in [5.74, 6) is 0. The van der Waals surface area contributed by atoms with E-state index in [4.69, 9.17) is 4.74 Å². The van der Waals surface area contributed by atoms with Crippen LogP contribution in [-0.2, 0) is 17.8 Å². The van der Waals surface area contributed by atoms with Crippen molar-refractivity contribution in [3.63, 3.8) is 0 Å². The maximum Gasteiger partial charge on any atom is 0.0713 e. The molecule has 1 aromatic carbocycles. The zero-order valence-corrected chi connectivity index (χ0v) is 13.9. The highest BCUT2D eigenvalue weighted by Crippen LogP contribution is 2.39. The quantitative estimate of drug-likeness (QED) is 0.822. The van der Waals surface area contributed by atoms with Crippen LogP contribution in [-0.4, -0.2) is 7.11 Å². The number of halogens is 1. The number of fused-ring (bicyclic) bond motifs is 1. The van der Waals surface area contributed by atoms with Crippen LogP contribution in [0.1, 0.15) is 34.9 Å². The highest BCUT2D eigenvalue weighted by Gasteiger charge is 2.22. The molecule has 1 aliphatic carbocycles.